The molecule has 0 saturated carbocycles. The van der Waals surface area contributed by atoms with E-state index in [9.17, 15) is 4.79 Å². The molecule has 1 aromatic carbocycles. The summed E-state index contributed by atoms with van der Waals surface area (Å²) in [7, 11) is 0. The molecule has 0 amide bonds. The molecule has 3 N–H and O–H groups in total. The fourth-order valence-electron chi connectivity index (χ4n) is 3.59. The highest BCUT2D eigenvalue weighted by Crippen LogP contribution is 2.26. The van der Waals surface area contributed by atoms with E-state index in [2.05, 4.69) is 22.1 Å². The third-order valence-corrected chi connectivity index (χ3v) is 5.14. The van der Waals surface area contributed by atoms with Crippen LogP contribution in [0.15, 0.2) is 48.9 Å². The molecule has 1 aliphatic heterocycles. The van der Waals surface area contributed by atoms with Crippen LogP contribution in [0.5, 0.6) is 0 Å². The summed E-state index contributed by atoms with van der Waals surface area (Å²) in [6, 6.07) is 9.12. The van der Waals surface area contributed by atoms with Gasteiger partial charge in [-0.25, -0.2) is 9.37 Å². The number of pyridine rings is 1. The summed E-state index contributed by atoms with van der Waals surface area (Å²) in [5, 5.41) is 7.12. The topological polar surface area (TPSA) is 99.9 Å². The number of fused-ring (bicyclic) bond motifs is 1. The number of halogens is 1. The molecule has 1 aliphatic rings. The van der Waals surface area contributed by atoms with Crippen LogP contribution in [0, 0.1) is 11.2 Å². The predicted molar refractivity (Wildman–Crippen MR) is 112 cm³/mol. The average Bonchev–Trinajstić information content (AvgIpc) is 3.20. The number of hydrogen-bond acceptors (Lipinski definition) is 6. The van der Waals surface area contributed by atoms with E-state index in [0.717, 1.165) is 24.4 Å². The van der Waals surface area contributed by atoms with E-state index in [4.69, 9.17) is 15.9 Å². The molecule has 0 atom stereocenters. The van der Waals surface area contributed by atoms with Gasteiger partial charge in [0.25, 0.3) is 0 Å². The van der Waals surface area contributed by atoms with E-state index in [1.54, 1.807) is 24.4 Å². The van der Waals surface area contributed by atoms with E-state index in [1.807, 2.05) is 21.6 Å². The van der Waals surface area contributed by atoms with E-state index in [-0.39, 0.29) is 24.7 Å². The van der Waals surface area contributed by atoms with Gasteiger partial charge in [-0.15, -0.1) is 0 Å². The van der Waals surface area contributed by atoms with Crippen LogP contribution in [-0.2, 0) is 16.1 Å². The molecule has 2 aromatic heterocycles. The lowest BCUT2D eigenvalue weighted by atomic mass is 10.1. The number of anilines is 2. The van der Waals surface area contributed by atoms with Gasteiger partial charge in [0.2, 0.25) is 0 Å². The zero-order valence-electron chi connectivity index (χ0n) is 16.4. The summed E-state index contributed by atoms with van der Waals surface area (Å²) in [6.07, 6.45) is 5.44. The van der Waals surface area contributed by atoms with Crippen LogP contribution in [0.1, 0.15) is 12.0 Å². The second-order valence-corrected chi connectivity index (χ2v) is 7.17. The molecule has 0 aliphatic carbocycles. The number of nitrogens with one attached hydrogen (secondary N) is 1. The van der Waals surface area contributed by atoms with Crippen molar-refractivity contribution in [1.29, 1.82) is 5.41 Å². The number of ether oxygens (including phenoxy) is 1. The highest BCUT2D eigenvalue weighted by molar-refractivity contribution is 5.94. The Morgan fingerprint density at radius 3 is 2.70 bits per heavy atom. The number of carbonyl (C=O) groups excluding carboxylic acids is 1. The van der Waals surface area contributed by atoms with Crippen LogP contribution in [0.2, 0.25) is 0 Å². The molecule has 30 heavy (non-hydrogen) atoms. The van der Waals surface area contributed by atoms with Crippen LogP contribution in [0.25, 0.3) is 5.65 Å². The number of nitrogens with two attached hydrogens (primary N) is 1. The Balaban J connectivity index is 1.40. The minimum atomic E-state index is -0.643. The molecule has 0 bridgehead atoms. The summed E-state index contributed by atoms with van der Waals surface area (Å²) in [5.74, 6) is -1.31. The Labute approximate surface area is 173 Å². The van der Waals surface area contributed by atoms with Crippen LogP contribution in [0.4, 0.5) is 15.8 Å². The molecule has 3 aromatic rings. The summed E-state index contributed by atoms with van der Waals surface area (Å²) >= 11 is 0. The number of imidazole rings is 1. The van der Waals surface area contributed by atoms with E-state index in [0.29, 0.717) is 24.3 Å². The molecule has 0 radical (unpaired) electrons. The minimum absolute atomic E-state index is 0.184. The largest absolute Gasteiger partial charge is 0.460 e. The lowest BCUT2D eigenvalue weighted by molar-refractivity contribution is -0.143. The van der Waals surface area contributed by atoms with Crippen LogP contribution in [0.3, 0.4) is 0 Å². The van der Waals surface area contributed by atoms with Crippen molar-refractivity contribution in [3.8, 4) is 0 Å². The molecular weight excluding hydrogens is 387 g/mol. The van der Waals surface area contributed by atoms with Crippen molar-refractivity contribution < 1.29 is 13.9 Å². The summed E-state index contributed by atoms with van der Waals surface area (Å²) in [4.78, 5) is 20.1. The first kappa shape index (κ1) is 19.7. The molecule has 0 unspecified atom stereocenters. The second kappa shape index (κ2) is 8.40. The number of piperazine rings is 1. The number of carbonyl (C=O) groups is 1. The highest BCUT2D eigenvalue weighted by Gasteiger charge is 2.21. The lowest BCUT2D eigenvalue weighted by Gasteiger charge is -2.37. The van der Waals surface area contributed by atoms with Gasteiger partial charge in [-0.2, -0.15) is 0 Å². The fourth-order valence-corrected chi connectivity index (χ4v) is 3.59. The lowest BCUT2D eigenvalue weighted by Crippen LogP contribution is -2.47. The first-order chi connectivity index (χ1) is 14.5. The van der Waals surface area contributed by atoms with Crippen LogP contribution < -0.4 is 15.5 Å². The first-order valence-electron chi connectivity index (χ1n) is 9.70. The van der Waals surface area contributed by atoms with Gasteiger partial charge in [-0.3, -0.25) is 10.2 Å². The smallest absolute Gasteiger partial charge is 0.313 e. The van der Waals surface area contributed by atoms with E-state index < -0.39 is 5.97 Å². The Morgan fingerprint density at radius 1 is 1.17 bits per heavy atom. The van der Waals surface area contributed by atoms with Crippen molar-refractivity contribution in [3.63, 3.8) is 0 Å². The maximum atomic E-state index is 15.0. The third-order valence-electron chi connectivity index (χ3n) is 5.14. The summed E-state index contributed by atoms with van der Waals surface area (Å²) < 4.78 is 22.0. The Hall–Kier alpha value is -3.62. The van der Waals surface area contributed by atoms with Crippen molar-refractivity contribution in [2.75, 3.05) is 36.0 Å². The van der Waals surface area contributed by atoms with Gasteiger partial charge in [0.15, 0.2) is 5.82 Å². The molecule has 1 fully saturated rings. The van der Waals surface area contributed by atoms with Gasteiger partial charge in [-0.1, -0.05) is 12.1 Å². The quantitative estimate of drug-likeness (QED) is 0.367. The number of benzene rings is 1. The zero-order chi connectivity index (χ0) is 21.1. The number of nitrogens with zero attached hydrogens (tertiary/aromatic N) is 4. The first-order valence-corrected chi connectivity index (χ1v) is 9.70. The zero-order valence-corrected chi connectivity index (χ0v) is 16.4. The molecule has 9 heteroatoms. The average molecular weight is 410 g/mol. The molecule has 0 spiro atoms. The van der Waals surface area contributed by atoms with Gasteiger partial charge >= 0.3 is 5.97 Å². The number of hydrogen-bond donors (Lipinski definition) is 2. The number of aromatic nitrogens is 2. The van der Waals surface area contributed by atoms with Crippen molar-refractivity contribution in [1.82, 2.24) is 9.38 Å². The van der Waals surface area contributed by atoms with Gasteiger partial charge in [0.05, 0.1) is 11.4 Å². The van der Waals surface area contributed by atoms with E-state index >= 15 is 4.39 Å². The molecule has 3 heterocycles. The molecule has 1 saturated heterocycles. The van der Waals surface area contributed by atoms with Crippen molar-refractivity contribution in [2.24, 2.45) is 5.73 Å². The standard InChI is InChI=1S/C21H23FN6O2/c22-21-15(14-30-20(29)12-18(23)24)2-1-3-17(21)27-10-8-26(9-11-27)16-4-5-19-25-6-7-28(19)13-16/h1-7,13H,8-12,14H2,(H3,23,24). The van der Waals surface area contributed by atoms with Crippen molar-refractivity contribution in [2.45, 2.75) is 13.0 Å². The van der Waals surface area contributed by atoms with Crippen LogP contribution >= 0.6 is 0 Å². The molecular formula is C21H23FN6O2. The monoisotopic (exact) mass is 410 g/mol. The number of esters is 1. The highest BCUT2D eigenvalue weighted by atomic mass is 19.1. The van der Waals surface area contributed by atoms with Gasteiger partial charge in [0, 0.05) is 50.3 Å². The minimum Gasteiger partial charge on any atom is -0.460 e. The number of amidine groups is 1. The van der Waals surface area contributed by atoms with Crippen molar-refractivity contribution in [3.05, 3.63) is 60.3 Å². The maximum absolute atomic E-state index is 15.0. The third kappa shape index (κ3) is 4.19. The summed E-state index contributed by atoms with van der Waals surface area (Å²) in [6.45, 7) is 2.69. The van der Waals surface area contributed by atoms with Crippen LogP contribution in [-0.4, -0.2) is 47.4 Å². The number of rotatable bonds is 6. The fraction of sp³-hybridized carbons (Fsp3) is 0.286. The Morgan fingerprint density at radius 2 is 1.93 bits per heavy atom. The predicted octanol–water partition coefficient (Wildman–Crippen LogP) is 2.17. The van der Waals surface area contributed by atoms with Crippen molar-refractivity contribution >= 4 is 28.8 Å². The SMILES string of the molecule is N=C(N)CC(=O)OCc1cccc(N2CCN(c3ccc4nccn4c3)CC2)c1F. The maximum Gasteiger partial charge on any atom is 0.313 e. The second-order valence-electron chi connectivity index (χ2n) is 7.17. The van der Waals surface area contributed by atoms with E-state index in [1.165, 1.54) is 0 Å². The van der Waals surface area contributed by atoms with Gasteiger partial charge in [0.1, 0.15) is 24.5 Å². The van der Waals surface area contributed by atoms with Gasteiger partial charge < -0.3 is 24.7 Å². The molecule has 156 valence electrons. The Kier molecular flexibility index (Phi) is 5.51. The molecule has 4 rings (SSSR count). The Bertz CT molecular complexity index is 1070. The normalized spacial score (nSPS) is 14.2. The summed E-state index contributed by atoms with van der Waals surface area (Å²) in [5.41, 5.74) is 7.99. The molecule has 8 nitrogen and oxygen atoms in total. The van der Waals surface area contributed by atoms with Gasteiger partial charge in [-0.05, 0) is 18.2 Å².